The van der Waals surface area contributed by atoms with Crippen molar-refractivity contribution in [1.82, 2.24) is 20.1 Å². The molecule has 4 atom stereocenters. The zero-order valence-corrected chi connectivity index (χ0v) is 28.3. The second-order valence-corrected chi connectivity index (χ2v) is 13.2. The van der Waals surface area contributed by atoms with Crippen LogP contribution in [0.5, 0.6) is 0 Å². The van der Waals surface area contributed by atoms with E-state index in [9.17, 15) is 19.2 Å². The van der Waals surface area contributed by atoms with Crippen LogP contribution in [-0.4, -0.2) is 76.5 Å². The second-order valence-electron chi connectivity index (χ2n) is 12.4. The van der Waals surface area contributed by atoms with Crippen LogP contribution in [0.25, 0.3) is 10.9 Å². The molecule has 2 N–H and O–H groups in total. The third-order valence-corrected chi connectivity index (χ3v) is 10.1. The number of nitrogens with one attached hydrogen (secondary N) is 2. The lowest BCUT2D eigenvalue weighted by Gasteiger charge is -2.36. The van der Waals surface area contributed by atoms with Crippen LogP contribution in [0, 0.1) is 5.92 Å². The van der Waals surface area contributed by atoms with Crippen LogP contribution >= 0.6 is 15.9 Å². The van der Waals surface area contributed by atoms with Gasteiger partial charge in [0.15, 0.2) is 0 Å². The Hall–Kier alpha value is -3.86. The van der Waals surface area contributed by atoms with Crippen molar-refractivity contribution in [3.8, 4) is 0 Å². The van der Waals surface area contributed by atoms with Crippen molar-refractivity contribution >= 4 is 50.7 Å². The Kier molecular flexibility index (Phi) is 11.0. The molecule has 246 valence electrons. The van der Waals surface area contributed by atoms with Crippen LogP contribution in [0.2, 0.25) is 0 Å². The van der Waals surface area contributed by atoms with E-state index in [4.69, 9.17) is 9.47 Å². The Bertz CT molecular complexity index is 1540. The monoisotopic (exact) mass is 694 g/mol. The smallest absolute Gasteiger partial charge is 0.410 e. The van der Waals surface area contributed by atoms with Gasteiger partial charge in [-0.1, -0.05) is 67.8 Å². The molecule has 3 aromatic rings. The molecule has 3 amide bonds. The van der Waals surface area contributed by atoms with Gasteiger partial charge in [-0.25, -0.2) is 4.79 Å². The molecule has 1 aromatic heterocycles. The van der Waals surface area contributed by atoms with Crippen molar-refractivity contribution in [3.05, 3.63) is 70.3 Å². The van der Waals surface area contributed by atoms with Crippen LogP contribution in [0.15, 0.2) is 59.2 Å². The summed E-state index contributed by atoms with van der Waals surface area (Å²) < 4.78 is 12.0. The van der Waals surface area contributed by atoms with Crippen LogP contribution < -0.4 is 5.32 Å². The summed E-state index contributed by atoms with van der Waals surface area (Å²) in [4.78, 5) is 59.5. The van der Waals surface area contributed by atoms with Gasteiger partial charge in [0.1, 0.15) is 24.8 Å². The van der Waals surface area contributed by atoms with Gasteiger partial charge in [0.05, 0.1) is 10.6 Å². The number of aromatic nitrogens is 1. The Labute approximate surface area is 278 Å². The normalized spacial score (nSPS) is 19.8. The highest BCUT2D eigenvalue weighted by molar-refractivity contribution is 9.10. The maximum atomic E-state index is 14.5. The van der Waals surface area contributed by atoms with Gasteiger partial charge in [0, 0.05) is 37.8 Å². The summed E-state index contributed by atoms with van der Waals surface area (Å²) in [7, 11) is 1.52. The molecule has 1 saturated heterocycles. The number of carbonyl (C=O) groups excluding carboxylic acids is 4. The van der Waals surface area contributed by atoms with E-state index in [1.54, 1.807) is 11.8 Å². The molecule has 2 fully saturated rings. The number of likely N-dealkylation sites (tertiary alicyclic amines) is 1. The number of nitrogens with zero attached hydrogens (tertiary/aromatic N) is 2. The summed E-state index contributed by atoms with van der Waals surface area (Å²) in [6, 6.07) is 15.2. The molecule has 2 heterocycles. The van der Waals surface area contributed by atoms with Gasteiger partial charge >= 0.3 is 12.1 Å². The van der Waals surface area contributed by atoms with Gasteiger partial charge < -0.3 is 24.7 Å². The second kappa shape index (κ2) is 15.2. The number of rotatable bonds is 10. The Morgan fingerprint density at radius 3 is 2.43 bits per heavy atom. The first-order chi connectivity index (χ1) is 22.1. The highest BCUT2D eigenvalue weighted by Gasteiger charge is 2.44. The SMILES string of the molecule is CC(=O)OC1CCN(C(=O)C(NC(=O)C(C)N(C)C(=O)OCc2ccccc2)C2CCCCC2)C1Cc1c(Br)[nH]c2ccccc12. The average Bonchev–Trinajstić information content (AvgIpc) is 3.61. The van der Waals surface area contributed by atoms with Gasteiger partial charge in [-0.05, 0) is 65.2 Å². The lowest BCUT2D eigenvalue weighted by atomic mass is 9.83. The molecule has 5 rings (SSSR count). The molecule has 2 aromatic carbocycles. The standard InChI is InChI=1S/C35H43BrN4O6/c1-22(39(3)35(44)45-21-24-12-6-4-7-13-24)33(42)38-31(25-14-8-5-9-15-25)34(43)40-19-18-30(46-23(2)41)29(40)20-27-26-16-10-11-17-28(26)37-32(27)36/h4,6-7,10-13,16-17,22,25,29-31,37H,5,8-9,14-15,18-21H2,1-3H3,(H,38,42). The van der Waals surface area contributed by atoms with Crippen molar-refractivity contribution in [2.45, 2.75) is 89.6 Å². The molecular weight excluding hydrogens is 652 g/mol. The summed E-state index contributed by atoms with van der Waals surface area (Å²) in [5.74, 6) is -1.04. The summed E-state index contributed by atoms with van der Waals surface area (Å²) in [5, 5.41) is 4.08. The van der Waals surface area contributed by atoms with Crippen molar-refractivity contribution in [2.75, 3.05) is 13.6 Å². The number of ether oxygens (including phenoxy) is 2. The van der Waals surface area contributed by atoms with E-state index in [-0.39, 0.29) is 18.4 Å². The Morgan fingerprint density at radius 2 is 1.72 bits per heavy atom. The first-order valence-corrected chi connectivity index (χ1v) is 16.9. The minimum atomic E-state index is -0.868. The number of para-hydroxylation sites is 1. The minimum Gasteiger partial charge on any atom is -0.460 e. The zero-order chi connectivity index (χ0) is 32.8. The molecule has 4 unspecified atom stereocenters. The predicted octanol–water partition coefficient (Wildman–Crippen LogP) is 5.73. The molecule has 2 aliphatic rings. The summed E-state index contributed by atoms with van der Waals surface area (Å²) >= 11 is 3.67. The van der Waals surface area contributed by atoms with E-state index in [0.717, 1.165) is 58.7 Å². The molecule has 0 spiro atoms. The highest BCUT2D eigenvalue weighted by Crippen LogP contribution is 2.34. The summed E-state index contributed by atoms with van der Waals surface area (Å²) in [5.41, 5.74) is 2.81. The number of halogens is 1. The largest absolute Gasteiger partial charge is 0.460 e. The van der Waals surface area contributed by atoms with Crippen LogP contribution in [0.3, 0.4) is 0 Å². The molecule has 1 aliphatic heterocycles. The fourth-order valence-corrected chi connectivity index (χ4v) is 7.31. The Balaban J connectivity index is 1.34. The topological polar surface area (TPSA) is 121 Å². The van der Waals surface area contributed by atoms with E-state index in [1.807, 2.05) is 54.6 Å². The number of amides is 3. The van der Waals surface area contributed by atoms with Gasteiger partial charge in [-0.15, -0.1) is 0 Å². The molecule has 10 nitrogen and oxygen atoms in total. The van der Waals surface area contributed by atoms with Gasteiger partial charge in [-0.2, -0.15) is 0 Å². The number of likely N-dealkylation sites (N-methyl/N-ethyl adjacent to an activating group) is 1. The number of benzene rings is 2. The predicted molar refractivity (Wildman–Crippen MR) is 178 cm³/mol. The summed E-state index contributed by atoms with van der Waals surface area (Å²) in [6.07, 6.45) is 4.56. The van der Waals surface area contributed by atoms with Crippen LogP contribution in [-0.2, 0) is 36.9 Å². The number of fused-ring (bicyclic) bond motifs is 1. The lowest BCUT2D eigenvalue weighted by Crippen LogP contribution is -2.58. The fourth-order valence-electron chi connectivity index (χ4n) is 6.72. The van der Waals surface area contributed by atoms with E-state index in [0.29, 0.717) is 19.4 Å². The lowest BCUT2D eigenvalue weighted by molar-refractivity contribution is -0.150. The number of esters is 1. The third kappa shape index (κ3) is 7.74. The highest BCUT2D eigenvalue weighted by atomic mass is 79.9. The van der Waals surface area contributed by atoms with Crippen molar-refractivity contribution in [1.29, 1.82) is 0 Å². The van der Waals surface area contributed by atoms with Gasteiger partial charge in [-0.3, -0.25) is 19.3 Å². The fraction of sp³-hybridized carbons (Fsp3) is 0.486. The van der Waals surface area contributed by atoms with Crippen LogP contribution in [0.4, 0.5) is 4.79 Å². The zero-order valence-electron chi connectivity index (χ0n) is 26.7. The van der Waals surface area contributed by atoms with Crippen molar-refractivity contribution in [2.24, 2.45) is 5.92 Å². The van der Waals surface area contributed by atoms with Crippen molar-refractivity contribution < 1.29 is 28.7 Å². The molecule has 1 saturated carbocycles. The van der Waals surface area contributed by atoms with Crippen LogP contribution in [0.1, 0.15) is 63.5 Å². The maximum Gasteiger partial charge on any atom is 0.410 e. The number of carbonyl (C=O) groups is 4. The first kappa shape index (κ1) is 33.5. The van der Waals surface area contributed by atoms with Gasteiger partial charge in [0.25, 0.3) is 0 Å². The average molecular weight is 696 g/mol. The number of aromatic amines is 1. The molecule has 1 aliphatic carbocycles. The van der Waals surface area contributed by atoms with Gasteiger partial charge in [0.2, 0.25) is 11.8 Å². The van der Waals surface area contributed by atoms with E-state index in [2.05, 4.69) is 26.2 Å². The quantitative estimate of drug-likeness (QED) is 0.262. The molecule has 0 radical (unpaired) electrons. The third-order valence-electron chi connectivity index (χ3n) is 9.40. The first-order valence-electron chi connectivity index (χ1n) is 16.1. The Morgan fingerprint density at radius 1 is 1.02 bits per heavy atom. The number of hydrogen-bond donors (Lipinski definition) is 2. The summed E-state index contributed by atoms with van der Waals surface area (Å²) in [6.45, 7) is 3.51. The van der Waals surface area contributed by atoms with Crippen molar-refractivity contribution in [3.63, 3.8) is 0 Å². The van der Waals surface area contributed by atoms with E-state index >= 15 is 0 Å². The number of hydrogen-bond acceptors (Lipinski definition) is 6. The molecule has 0 bridgehead atoms. The van der Waals surface area contributed by atoms with E-state index in [1.165, 1.54) is 18.9 Å². The molecule has 11 heteroatoms. The van der Waals surface area contributed by atoms with E-state index < -0.39 is 42.2 Å². The maximum absolute atomic E-state index is 14.5. The molecule has 46 heavy (non-hydrogen) atoms. The molecular formula is C35H43BrN4O6. The minimum absolute atomic E-state index is 0.0408. The number of H-pyrrole nitrogens is 1.